The van der Waals surface area contributed by atoms with Crippen LogP contribution in [0.3, 0.4) is 0 Å². The third-order valence-corrected chi connectivity index (χ3v) is 8.62. The SMILES string of the molecule is Cc1ccc2c(c1)N(c1ccc(CN)cc1)C(=O)N(C1CCCCCCCCC1)N=C2C1CCCCC1. The molecule has 2 amide bonds. The van der Waals surface area contributed by atoms with Crippen LogP contribution in [0.4, 0.5) is 16.2 Å². The van der Waals surface area contributed by atoms with E-state index in [1.54, 1.807) is 0 Å². The largest absolute Gasteiger partial charge is 0.349 e. The van der Waals surface area contributed by atoms with Crippen LogP contribution in [-0.2, 0) is 6.54 Å². The van der Waals surface area contributed by atoms with Crippen molar-refractivity contribution in [3.8, 4) is 0 Å². The zero-order chi connectivity index (χ0) is 25.6. The number of amides is 2. The van der Waals surface area contributed by atoms with Crippen molar-refractivity contribution in [1.82, 2.24) is 5.01 Å². The van der Waals surface area contributed by atoms with Crippen molar-refractivity contribution in [1.29, 1.82) is 0 Å². The molecule has 2 aromatic carbocycles. The van der Waals surface area contributed by atoms with Gasteiger partial charge in [-0.2, -0.15) is 5.10 Å². The van der Waals surface area contributed by atoms with Crippen LogP contribution >= 0.6 is 0 Å². The van der Waals surface area contributed by atoms with E-state index in [-0.39, 0.29) is 12.1 Å². The van der Waals surface area contributed by atoms with Gasteiger partial charge in [0.25, 0.3) is 0 Å². The number of carbonyl (C=O) groups excluding carboxylic acids is 1. The average Bonchev–Trinajstić information content (AvgIpc) is 3.06. The molecule has 2 N–H and O–H groups in total. The topological polar surface area (TPSA) is 61.9 Å². The Morgan fingerprint density at radius 3 is 2.05 bits per heavy atom. The monoisotopic (exact) mass is 500 g/mol. The lowest BCUT2D eigenvalue weighted by Crippen LogP contribution is -2.43. The predicted octanol–water partition coefficient (Wildman–Crippen LogP) is 8.20. The van der Waals surface area contributed by atoms with E-state index >= 15 is 0 Å². The summed E-state index contributed by atoms with van der Waals surface area (Å²) in [6.45, 7) is 2.61. The molecule has 198 valence electrons. The number of fused-ring (bicyclic) bond motifs is 1. The van der Waals surface area contributed by atoms with Crippen LogP contribution in [0.25, 0.3) is 0 Å². The summed E-state index contributed by atoms with van der Waals surface area (Å²) in [7, 11) is 0. The summed E-state index contributed by atoms with van der Waals surface area (Å²) in [6, 6.07) is 14.9. The summed E-state index contributed by atoms with van der Waals surface area (Å²) < 4.78 is 0. The molecule has 2 aromatic rings. The van der Waals surface area contributed by atoms with Crippen molar-refractivity contribution in [2.24, 2.45) is 16.8 Å². The van der Waals surface area contributed by atoms with Crippen molar-refractivity contribution in [3.05, 3.63) is 59.2 Å². The van der Waals surface area contributed by atoms with Gasteiger partial charge in [0.2, 0.25) is 0 Å². The van der Waals surface area contributed by atoms with E-state index in [2.05, 4.69) is 25.1 Å². The zero-order valence-electron chi connectivity index (χ0n) is 22.6. The maximum Gasteiger partial charge on any atom is 0.349 e. The van der Waals surface area contributed by atoms with Gasteiger partial charge in [0.15, 0.2) is 0 Å². The minimum atomic E-state index is -0.0137. The molecule has 0 spiro atoms. The molecule has 0 bridgehead atoms. The normalized spacial score (nSPS) is 20.8. The number of aryl methyl sites for hydroxylation is 1. The molecule has 0 unspecified atom stereocenters. The fraction of sp³-hybridized carbons (Fsp3) is 0.562. The second kappa shape index (κ2) is 12.3. The van der Waals surface area contributed by atoms with Crippen molar-refractivity contribution in [3.63, 3.8) is 0 Å². The molecule has 1 heterocycles. The lowest BCUT2D eigenvalue weighted by molar-refractivity contribution is 0.174. The molecule has 1 aliphatic heterocycles. The maximum atomic E-state index is 14.6. The number of rotatable bonds is 4. The van der Waals surface area contributed by atoms with Gasteiger partial charge in [0.1, 0.15) is 0 Å². The fourth-order valence-corrected chi connectivity index (χ4v) is 6.44. The first-order valence-corrected chi connectivity index (χ1v) is 14.8. The van der Waals surface area contributed by atoms with Crippen molar-refractivity contribution in [2.75, 3.05) is 4.90 Å². The van der Waals surface area contributed by atoms with E-state index < -0.39 is 0 Å². The summed E-state index contributed by atoms with van der Waals surface area (Å²) >= 11 is 0. The van der Waals surface area contributed by atoms with Gasteiger partial charge in [0, 0.05) is 18.0 Å². The van der Waals surface area contributed by atoms with Crippen molar-refractivity contribution < 1.29 is 4.79 Å². The first-order valence-electron chi connectivity index (χ1n) is 14.8. The Balaban J connectivity index is 1.62. The van der Waals surface area contributed by atoms with Gasteiger partial charge < -0.3 is 5.73 Å². The number of urea groups is 1. The molecule has 37 heavy (non-hydrogen) atoms. The quantitative estimate of drug-likeness (QED) is 0.460. The number of hydrogen-bond donors (Lipinski definition) is 1. The van der Waals surface area contributed by atoms with Crippen LogP contribution in [0.2, 0.25) is 0 Å². The van der Waals surface area contributed by atoms with E-state index in [1.165, 1.54) is 64.2 Å². The average molecular weight is 501 g/mol. The van der Waals surface area contributed by atoms with Crippen LogP contribution in [0, 0.1) is 12.8 Å². The highest BCUT2D eigenvalue weighted by Crippen LogP contribution is 2.39. The van der Waals surface area contributed by atoms with Gasteiger partial charge in [-0.25, -0.2) is 9.80 Å². The molecule has 5 heteroatoms. The molecule has 0 atom stereocenters. The second-order valence-electron chi connectivity index (χ2n) is 11.4. The molecular formula is C32H44N4O. The number of carbonyl (C=O) groups is 1. The van der Waals surface area contributed by atoms with E-state index in [0.29, 0.717) is 12.5 Å². The molecule has 0 radical (unpaired) electrons. The van der Waals surface area contributed by atoms with Crippen LogP contribution in [0.5, 0.6) is 0 Å². The highest BCUT2D eigenvalue weighted by Gasteiger charge is 2.37. The number of hydrazone groups is 1. The first kappa shape index (κ1) is 26.0. The lowest BCUT2D eigenvalue weighted by atomic mass is 9.82. The van der Waals surface area contributed by atoms with Gasteiger partial charge in [-0.15, -0.1) is 0 Å². The molecule has 5 rings (SSSR count). The van der Waals surface area contributed by atoms with Crippen LogP contribution in [0.15, 0.2) is 47.6 Å². The number of benzene rings is 2. The molecule has 2 aliphatic carbocycles. The van der Waals surface area contributed by atoms with E-state index in [1.807, 2.05) is 34.2 Å². The summed E-state index contributed by atoms with van der Waals surface area (Å²) in [5.41, 5.74) is 12.2. The third-order valence-electron chi connectivity index (χ3n) is 8.62. The highest BCUT2D eigenvalue weighted by atomic mass is 16.2. The summed E-state index contributed by atoms with van der Waals surface area (Å²) in [6.07, 6.45) is 17.0. The summed E-state index contributed by atoms with van der Waals surface area (Å²) in [5.74, 6) is 0.407. The van der Waals surface area contributed by atoms with Gasteiger partial charge in [-0.05, 0) is 61.9 Å². The molecule has 0 aromatic heterocycles. The third kappa shape index (κ3) is 5.93. The Morgan fingerprint density at radius 2 is 1.41 bits per heavy atom. The minimum absolute atomic E-state index is 0.0137. The minimum Gasteiger partial charge on any atom is -0.326 e. The van der Waals surface area contributed by atoms with Crippen LogP contribution in [-0.4, -0.2) is 22.8 Å². The smallest absolute Gasteiger partial charge is 0.326 e. The Kier molecular flexibility index (Phi) is 8.60. The van der Waals surface area contributed by atoms with Gasteiger partial charge in [-0.1, -0.05) is 88.5 Å². The van der Waals surface area contributed by atoms with Gasteiger partial charge in [0.05, 0.1) is 23.1 Å². The Bertz CT molecular complexity index is 1080. The van der Waals surface area contributed by atoms with E-state index in [9.17, 15) is 4.79 Å². The molecule has 3 aliphatic rings. The summed E-state index contributed by atoms with van der Waals surface area (Å²) in [5, 5.41) is 7.26. The lowest BCUT2D eigenvalue weighted by Gasteiger charge is -2.32. The van der Waals surface area contributed by atoms with Crippen molar-refractivity contribution in [2.45, 2.75) is 109 Å². The van der Waals surface area contributed by atoms with E-state index in [0.717, 1.165) is 59.5 Å². The maximum absolute atomic E-state index is 14.6. The predicted molar refractivity (Wildman–Crippen MR) is 153 cm³/mol. The number of nitrogens with two attached hydrogens (primary N) is 1. The number of hydrogen-bond acceptors (Lipinski definition) is 3. The molecule has 0 saturated heterocycles. The highest BCUT2D eigenvalue weighted by molar-refractivity contribution is 6.14. The van der Waals surface area contributed by atoms with Gasteiger partial charge >= 0.3 is 6.03 Å². The van der Waals surface area contributed by atoms with E-state index in [4.69, 9.17) is 10.8 Å². The van der Waals surface area contributed by atoms with Gasteiger partial charge in [-0.3, -0.25) is 4.90 Å². The molecular weight excluding hydrogens is 456 g/mol. The number of nitrogens with zero attached hydrogens (tertiary/aromatic N) is 3. The van der Waals surface area contributed by atoms with Crippen LogP contribution < -0.4 is 10.6 Å². The standard InChI is InChI=1S/C32H44N4O/c1-24-16-21-29-30(22-24)35(27-19-17-25(23-33)18-20-27)32(37)36(34-31(29)26-12-8-7-9-13-26)28-14-10-5-3-2-4-6-11-15-28/h16-22,26,28H,2-15,23,33H2,1H3. The second-order valence-corrected chi connectivity index (χ2v) is 11.4. The molecule has 2 fully saturated rings. The Hall–Kier alpha value is -2.66. The zero-order valence-corrected chi connectivity index (χ0v) is 22.6. The molecule has 2 saturated carbocycles. The molecule has 5 nitrogen and oxygen atoms in total. The van der Waals surface area contributed by atoms with Crippen molar-refractivity contribution >= 4 is 23.1 Å². The number of anilines is 2. The van der Waals surface area contributed by atoms with Crippen LogP contribution in [0.1, 0.15) is 107 Å². The first-order chi connectivity index (χ1) is 18.2. The fourth-order valence-electron chi connectivity index (χ4n) is 6.44. The summed E-state index contributed by atoms with van der Waals surface area (Å²) in [4.78, 5) is 16.5. The Labute approximate surface area is 223 Å². The Morgan fingerprint density at radius 1 is 0.811 bits per heavy atom.